The smallest absolute Gasteiger partial charge is 0.439 e. The highest BCUT2D eigenvalue weighted by atomic mass is 19.4. The Morgan fingerprint density at radius 3 is 2.04 bits per heavy atom. The summed E-state index contributed by atoms with van der Waals surface area (Å²) in [5, 5.41) is 8.27. The van der Waals surface area contributed by atoms with Crippen molar-refractivity contribution in [2.45, 2.75) is 37.7 Å². The van der Waals surface area contributed by atoms with E-state index in [2.05, 4.69) is 16.1 Å². The summed E-state index contributed by atoms with van der Waals surface area (Å²) in [6, 6.07) is 0. The number of aliphatic hydroxyl groups is 1. The molecule has 0 rings (SSSR count). The van der Waals surface area contributed by atoms with Gasteiger partial charge in [0.2, 0.25) is 0 Å². The molecule has 0 aromatic heterocycles. The number of esters is 2. The molecule has 0 spiro atoms. The molecule has 1 unspecified atom stereocenters. The van der Waals surface area contributed by atoms with Gasteiger partial charge in [-0.15, -0.1) is 0 Å². The summed E-state index contributed by atoms with van der Waals surface area (Å²) in [4.78, 5) is 22.2. The van der Waals surface area contributed by atoms with Gasteiger partial charge in [-0.2, -0.15) is 22.0 Å². The maximum Gasteiger partial charge on any atom is 0.439 e. The summed E-state index contributed by atoms with van der Waals surface area (Å²) in [6.07, 6.45) is -13.0. The molecule has 0 heterocycles. The predicted molar refractivity (Wildman–Crippen MR) is 63.0 cm³/mol. The summed E-state index contributed by atoms with van der Waals surface area (Å²) < 4.78 is 83.7. The van der Waals surface area contributed by atoms with Crippen molar-refractivity contribution in [3.63, 3.8) is 0 Å². The Morgan fingerprint density at radius 1 is 1.17 bits per heavy atom. The highest BCUT2D eigenvalue weighted by molar-refractivity contribution is 5.86. The van der Waals surface area contributed by atoms with E-state index in [1.54, 1.807) is 0 Å². The number of carbonyl (C=O) groups is 2. The van der Waals surface area contributed by atoms with Crippen molar-refractivity contribution in [3.8, 4) is 0 Å². The third kappa shape index (κ3) is 5.41. The quantitative estimate of drug-likeness (QED) is 0.314. The number of hydrogen-bond acceptors (Lipinski definition) is 5. The molecule has 0 bridgehead atoms. The lowest BCUT2D eigenvalue weighted by molar-refractivity contribution is -0.395. The summed E-state index contributed by atoms with van der Waals surface area (Å²) in [5.41, 5.74) is -4.97. The van der Waals surface area contributed by atoms with Crippen LogP contribution in [0.2, 0.25) is 0 Å². The normalized spacial score (nSPS) is 14.8. The molecule has 1 atom stereocenters. The third-order valence-corrected chi connectivity index (χ3v) is 2.53. The van der Waals surface area contributed by atoms with Crippen LogP contribution in [0.15, 0.2) is 12.2 Å². The molecule has 0 amide bonds. The van der Waals surface area contributed by atoms with Gasteiger partial charge < -0.3 is 14.6 Å². The van der Waals surface area contributed by atoms with E-state index in [1.807, 2.05) is 0 Å². The Labute approximate surface area is 126 Å². The first-order valence-corrected chi connectivity index (χ1v) is 6.06. The highest BCUT2D eigenvalue weighted by Gasteiger charge is 2.73. The van der Waals surface area contributed by atoms with Crippen LogP contribution in [0.5, 0.6) is 0 Å². The first-order chi connectivity index (χ1) is 10.3. The van der Waals surface area contributed by atoms with E-state index in [0.29, 0.717) is 0 Å². The maximum atomic E-state index is 12.7. The topological polar surface area (TPSA) is 72.8 Å². The molecule has 134 valence electrons. The van der Waals surface area contributed by atoms with Crippen LogP contribution >= 0.6 is 0 Å². The van der Waals surface area contributed by atoms with Crippen LogP contribution in [-0.2, 0) is 19.1 Å². The van der Waals surface area contributed by atoms with E-state index in [-0.39, 0.29) is 12.0 Å². The molecule has 0 aliphatic heterocycles. The Morgan fingerprint density at radius 2 is 1.70 bits per heavy atom. The Balaban J connectivity index is 4.76. The van der Waals surface area contributed by atoms with Crippen LogP contribution in [0.25, 0.3) is 0 Å². The summed E-state index contributed by atoms with van der Waals surface area (Å²) in [5.74, 6) is -2.67. The van der Waals surface area contributed by atoms with Gasteiger partial charge >= 0.3 is 29.8 Å². The van der Waals surface area contributed by atoms with E-state index in [1.165, 1.54) is 6.92 Å². The molecule has 5 nitrogen and oxygen atoms in total. The molecule has 23 heavy (non-hydrogen) atoms. The average Bonchev–Trinajstić information content (AvgIpc) is 2.37. The molecule has 0 saturated heterocycles. The molecule has 0 aliphatic rings. The SMILES string of the molecule is C=C(C)C(=O)OCCCC(=O)OC(CF)(C(O)(F)F)C(F)(F)F. The van der Waals surface area contributed by atoms with E-state index >= 15 is 0 Å². The number of carbonyl (C=O) groups excluding carboxylic acids is 2. The monoisotopic (exact) mass is 352 g/mol. The second kappa shape index (κ2) is 7.66. The number of hydrogen-bond donors (Lipinski definition) is 1. The lowest BCUT2D eigenvalue weighted by Gasteiger charge is -2.35. The van der Waals surface area contributed by atoms with Gasteiger partial charge in [-0.25, -0.2) is 9.18 Å². The molecule has 0 fully saturated rings. The van der Waals surface area contributed by atoms with Crippen LogP contribution in [0.3, 0.4) is 0 Å². The maximum absolute atomic E-state index is 12.7. The average molecular weight is 352 g/mol. The minimum atomic E-state index is -6.05. The standard InChI is InChI=1S/C12H14F6O5/c1-7(2)9(20)22-5-3-4-8(19)23-10(6-13,11(14,15)16)12(17,18)21/h21H,1,3-6H2,2H3. The lowest BCUT2D eigenvalue weighted by atomic mass is 10.0. The van der Waals surface area contributed by atoms with E-state index in [0.717, 1.165) is 0 Å². The number of halogens is 6. The summed E-state index contributed by atoms with van der Waals surface area (Å²) in [7, 11) is 0. The molecule has 0 radical (unpaired) electrons. The first-order valence-electron chi connectivity index (χ1n) is 6.06. The minimum absolute atomic E-state index is 0.0287. The Kier molecular flexibility index (Phi) is 7.07. The molecule has 0 aliphatic carbocycles. The van der Waals surface area contributed by atoms with Crippen LogP contribution < -0.4 is 0 Å². The summed E-state index contributed by atoms with van der Waals surface area (Å²) >= 11 is 0. The summed E-state index contributed by atoms with van der Waals surface area (Å²) in [6.45, 7) is 1.25. The van der Waals surface area contributed by atoms with Gasteiger partial charge in [0, 0.05) is 12.0 Å². The molecule has 0 aromatic rings. The largest absolute Gasteiger partial charge is 0.462 e. The van der Waals surface area contributed by atoms with Crippen LogP contribution in [0, 0.1) is 0 Å². The van der Waals surface area contributed by atoms with Gasteiger partial charge in [0.05, 0.1) is 6.61 Å². The predicted octanol–water partition coefficient (Wildman–Crippen LogP) is 2.28. The van der Waals surface area contributed by atoms with Crippen LogP contribution in [-0.4, -0.2) is 48.2 Å². The zero-order valence-electron chi connectivity index (χ0n) is 11.9. The molecule has 0 aromatic carbocycles. The molecular formula is C12H14F6O5. The van der Waals surface area contributed by atoms with Crippen molar-refractivity contribution in [2.75, 3.05) is 13.3 Å². The second-order valence-corrected chi connectivity index (χ2v) is 4.49. The number of alkyl halides is 6. The first kappa shape index (κ1) is 21.2. The molecule has 0 saturated carbocycles. The van der Waals surface area contributed by atoms with Crippen LogP contribution in [0.1, 0.15) is 19.8 Å². The van der Waals surface area contributed by atoms with E-state index in [9.17, 15) is 35.9 Å². The van der Waals surface area contributed by atoms with Crippen molar-refractivity contribution in [2.24, 2.45) is 0 Å². The van der Waals surface area contributed by atoms with E-state index in [4.69, 9.17) is 5.11 Å². The van der Waals surface area contributed by atoms with Crippen LogP contribution in [0.4, 0.5) is 26.3 Å². The van der Waals surface area contributed by atoms with Gasteiger partial charge in [-0.05, 0) is 13.3 Å². The zero-order chi connectivity index (χ0) is 18.5. The van der Waals surface area contributed by atoms with Crippen molar-refractivity contribution in [1.82, 2.24) is 0 Å². The third-order valence-electron chi connectivity index (χ3n) is 2.53. The van der Waals surface area contributed by atoms with Crippen molar-refractivity contribution in [1.29, 1.82) is 0 Å². The molecule has 1 N–H and O–H groups in total. The molecule has 11 heteroatoms. The zero-order valence-corrected chi connectivity index (χ0v) is 11.9. The molecular weight excluding hydrogens is 338 g/mol. The van der Waals surface area contributed by atoms with E-state index < -0.39 is 49.5 Å². The Bertz CT molecular complexity index is 440. The van der Waals surface area contributed by atoms with Crippen molar-refractivity contribution < 1.29 is 50.5 Å². The van der Waals surface area contributed by atoms with Gasteiger partial charge in [0.15, 0.2) is 0 Å². The van der Waals surface area contributed by atoms with Gasteiger partial charge in [-0.3, -0.25) is 4.79 Å². The van der Waals surface area contributed by atoms with Gasteiger partial charge in [0.25, 0.3) is 0 Å². The lowest BCUT2D eigenvalue weighted by Crippen LogP contribution is -2.63. The van der Waals surface area contributed by atoms with Crippen molar-refractivity contribution in [3.05, 3.63) is 12.2 Å². The number of rotatable bonds is 8. The minimum Gasteiger partial charge on any atom is -0.462 e. The van der Waals surface area contributed by atoms with Gasteiger partial charge in [-0.1, -0.05) is 6.58 Å². The fraction of sp³-hybridized carbons (Fsp3) is 0.667. The fourth-order valence-electron chi connectivity index (χ4n) is 1.22. The van der Waals surface area contributed by atoms with Crippen molar-refractivity contribution >= 4 is 11.9 Å². The number of ether oxygens (including phenoxy) is 2. The highest BCUT2D eigenvalue weighted by Crippen LogP contribution is 2.44. The second-order valence-electron chi connectivity index (χ2n) is 4.49. The Hall–Kier alpha value is -1.78. The fourth-order valence-corrected chi connectivity index (χ4v) is 1.22. The van der Waals surface area contributed by atoms with Gasteiger partial charge in [0.1, 0.15) is 6.67 Å².